The summed E-state index contributed by atoms with van der Waals surface area (Å²) in [6.45, 7) is 0.516. The molecule has 1 rings (SSSR count). The number of amides is 2. The van der Waals surface area contributed by atoms with E-state index in [4.69, 9.17) is 11.5 Å². The van der Waals surface area contributed by atoms with Gasteiger partial charge in [-0.3, -0.25) is 0 Å². The Morgan fingerprint density at radius 3 is 2.42 bits per heavy atom. The van der Waals surface area contributed by atoms with E-state index in [0.717, 1.165) is 25.7 Å². The van der Waals surface area contributed by atoms with Crippen LogP contribution >= 0.6 is 0 Å². The third-order valence-electron chi connectivity index (χ3n) is 2.46. The number of hydrogen-bond acceptors (Lipinski definition) is 2. The molecule has 5 N–H and O–H groups in total. The first kappa shape index (κ1) is 9.32. The Bertz CT molecular complexity index is 164. The van der Waals surface area contributed by atoms with E-state index in [2.05, 4.69) is 5.32 Å². The van der Waals surface area contributed by atoms with E-state index in [1.54, 1.807) is 0 Å². The standard InChI is InChI=1S/C8H17N3O/c9-7(12)11-6-8(10)4-2-1-3-5-8/h1-6,10H2,(H3,9,11,12). The van der Waals surface area contributed by atoms with Gasteiger partial charge in [-0.25, -0.2) is 4.79 Å². The molecule has 1 aliphatic rings. The van der Waals surface area contributed by atoms with E-state index in [1.165, 1.54) is 6.42 Å². The molecule has 0 aliphatic heterocycles. The molecular formula is C8H17N3O. The minimum absolute atomic E-state index is 0.201. The molecule has 4 nitrogen and oxygen atoms in total. The minimum atomic E-state index is -0.481. The van der Waals surface area contributed by atoms with Crippen LogP contribution in [0.5, 0.6) is 0 Å². The van der Waals surface area contributed by atoms with Crippen molar-refractivity contribution in [2.45, 2.75) is 37.6 Å². The first-order valence-electron chi connectivity index (χ1n) is 4.45. The van der Waals surface area contributed by atoms with E-state index in [-0.39, 0.29) is 5.54 Å². The normalized spacial score (nSPS) is 21.8. The van der Waals surface area contributed by atoms with Gasteiger partial charge in [0.1, 0.15) is 0 Å². The van der Waals surface area contributed by atoms with Crippen molar-refractivity contribution in [3.63, 3.8) is 0 Å². The monoisotopic (exact) mass is 171 g/mol. The van der Waals surface area contributed by atoms with Gasteiger partial charge in [0.15, 0.2) is 0 Å². The lowest BCUT2D eigenvalue weighted by Gasteiger charge is -2.33. The van der Waals surface area contributed by atoms with Crippen LogP contribution < -0.4 is 16.8 Å². The number of carbonyl (C=O) groups excluding carboxylic acids is 1. The van der Waals surface area contributed by atoms with Crippen molar-refractivity contribution >= 4 is 6.03 Å². The predicted molar refractivity (Wildman–Crippen MR) is 47.6 cm³/mol. The van der Waals surface area contributed by atoms with Crippen LogP contribution in [0, 0.1) is 0 Å². The highest BCUT2D eigenvalue weighted by molar-refractivity contribution is 5.71. The fourth-order valence-electron chi connectivity index (χ4n) is 1.70. The zero-order valence-corrected chi connectivity index (χ0v) is 7.31. The summed E-state index contributed by atoms with van der Waals surface area (Å²) >= 11 is 0. The average molecular weight is 171 g/mol. The number of hydrogen-bond donors (Lipinski definition) is 3. The van der Waals surface area contributed by atoms with Gasteiger partial charge in [0, 0.05) is 12.1 Å². The van der Waals surface area contributed by atoms with Crippen molar-refractivity contribution in [2.24, 2.45) is 11.5 Å². The molecule has 1 fully saturated rings. The van der Waals surface area contributed by atoms with Crippen molar-refractivity contribution in [3.8, 4) is 0 Å². The van der Waals surface area contributed by atoms with Crippen LogP contribution in [0.1, 0.15) is 32.1 Å². The van der Waals surface area contributed by atoms with Crippen molar-refractivity contribution < 1.29 is 4.79 Å². The highest BCUT2D eigenvalue weighted by atomic mass is 16.2. The molecule has 12 heavy (non-hydrogen) atoms. The summed E-state index contributed by atoms with van der Waals surface area (Å²) in [7, 11) is 0. The fourth-order valence-corrected chi connectivity index (χ4v) is 1.70. The molecule has 0 spiro atoms. The van der Waals surface area contributed by atoms with Gasteiger partial charge in [-0.1, -0.05) is 19.3 Å². The van der Waals surface area contributed by atoms with Crippen molar-refractivity contribution in [1.29, 1.82) is 0 Å². The Kier molecular flexibility index (Phi) is 2.92. The number of urea groups is 1. The quantitative estimate of drug-likeness (QED) is 0.559. The summed E-state index contributed by atoms with van der Waals surface area (Å²) in [6.07, 6.45) is 5.57. The number of carbonyl (C=O) groups is 1. The van der Waals surface area contributed by atoms with Crippen molar-refractivity contribution in [3.05, 3.63) is 0 Å². The zero-order valence-electron chi connectivity index (χ0n) is 7.31. The predicted octanol–water partition coefficient (Wildman–Crippen LogP) is 0.316. The Morgan fingerprint density at radius 1 is 1.33 bits per heavy atom. The molecule has 4 heteroatoms. The van der Waals surface area contributed by atoms with E-state index in [9.17, 15) is 4.79 Å². The molecule has 0 bridgehead atoms. The second-order valence-corrected chi connectivity index (χ2v) is 3.64. The Morgan fingerprint density at radius 2 is 1.92 bits per heavy atom. The van der Waals surface area contributed by atoms with E-state index in [0.29, 0.717) is 6.54 Å². The Labute approximate surface area is 72.7 Å². The first-order chi connectivity index (χ1) is 5.62. The second kappa shape index (κ2) is 3.76. The van der Waals surface area contributed by atoms with Crippen molar-refractivity contribution in [2.75, 3.05) is 6.54 Å². The Hall–Kier alpha value is -0.770. The van der Waals surface area contributed by atoms with Gasteiger partial charge in [0.2, 0.25) is 0 Å². The molecule has 0 unspecified atom stereocenters. The molecule has 0 radical (unpaired) electrons. The third kappa shape index (κ3) is 2.70. The molecule has 0 atom stereocenters. The number of primary amides is 1. The highest BCUT2D eigenvalue weighted by Gasteiger charge is 2.27. The first-order valence-corrected chi connectivity index (χ1v) is 4.45. The van der Waals surface area contributed by atoms with Crippen LogP contribution in [-0.2, 0) is 0 Å². The maximum Gasteiger partial charge on any atom is 0.312 e. The summed E-state index contributed by atoms with van der Waals surface area (Å²) in [5, 5.41) is 2.57. The average Bonchev–Trinajstić information content (AvgIpc) is 2.03. The lowest BCUT2D eigenvalue weighted by molar-refractivity contribution is 0.238. The largest absolute Gasteiger partial charge is 0.352 e. The molecule has 0 saturated heterocycles. The SMILES string of the molecule is NC(=O)NCC1(N)CCCCC1. The van der Waals surface area contributed by atoms with Gasteiger partial charge in [-0.2, -0.15) is 0 Å². The molecule has 1 aliphatic carbocycles. The summed E-state index contributed by atoms with van der Waals surface area (Å²) in [4.78, 5) is 10.4. The number of rotatable bonds is 2. The van der Waals surface area contributed by atoms with Gasteiger partial charge < -0.3 is 16.8 Å². The van der Waals surface area contributed by atoms with Crippen LogP contribution in [0.2, 0.25) is 0 Å². The smallest absolute Gasteiger partial charge is 0.312 e. The van der Waals surface area contributed by atoms with Gasteiger partial charge in [-0.05, 0) is 12.8 Å². The molecule has 2 amide bonds. The number of nitrogens with two attached hydrogens (primary N) is 2. The maximum atomic E-state index is 10.4. The van der Waals surface area contributed by atoms with Crippen LogP contribution in [0.15, 0.2) is 0 Å². The van der Waals surface area contributed by atoms with Gasteiger partial charge in [0.05, 0.1) is 0 Å². The van der Waals surface area contributed by atoms with Crippen LogP contribution in [0.3, 0.4) is 0 Å². The van der Waals surface area contributed by atoms with Crippen molar-refractivity contribution in [1.82, 2.24) is 5.32 Å². The molecule has 0 aromatic rings. The third-order valence-corrected chi connectivity index (χ3v) is 2.46. The summed E-state index contributed by atoms with van der Waals surface area (Å²) < 4.78 is 0. The molecular weight excluding hydrogens is 154 g/mol. The maximum absolute atomic E-state index is 10.4. The Balaban J connectivity index is 2.31. The zero-order chi connectivity index (χ0) is 9.03. The molecule has 1 saturated carbocycles. The van der Waals surface area contributed by atoms with Crippen LogP contribution in [0.4, 0.5) is 4.79 Å². The lowest BCUT2D eigenvalue weighted by atomic mass is 9.82. The highest BCUT2D eigenvalue weighted by Crippen LogP contribution is 2.24. The molecule has 0 heterocycles. The van der Waals surface area contributed by atoms with Crippen LogP contribution in [-0.4, -0.2) is 18.1 Å². The van der Waals surface area contributed by atoms with Gasteiger partial charge >= 0.3 is 6.03 Å². The number of nitrogens with one attached hydrogen (secondary N) is 1. The molecule has 0 aromatic heterocycles. The lowest BCUT2D eigenvalue weighted by Crippen LogP contribution is -2.52. The van der Waals surface area contributed by atoms with E-state index < -0.39 is 6.03 Å². The molecule has 0 aromatic carbocycles. The summed E-state index contributed by atoms with van der Waals surface area (Å²) in [6, 6.07) is -0.481. The summed E-state index contributed by atoms with van der Waals surface area (Å²) in [5.74, 6) is 0. The minimum Gasteiger partial charge on any atom is -0.352 e. The molecule has 70 valence electrons. The topological polar surface area (TPSA) is 81.1 Å². The fraction of sp³-hybridized carbons (Fsp3) is 0.875. The van der Waals surface area contributed by atoms with E-state index in [1.807, 2.05) is 0 Å². The summed E-state index contributed by atoms with van der Waals surface area (Å²) in [5.41, 5.74) is 10.8. The van der Waals surface area contributed by atoms with Gasteiger partial charge in [-0.15, -0.1) is 0 Å². The van der Waals surface area contributed by atoms with E-state index >= 15 is 0 Å². The van der Waals surface area contributed by atoms with Crippen LogP contribution in [0.25, 0.3) is 0 Å². The second-order valence-electron chi connectivity index (χ2n) is 3.64. The van der Waals surface area contributed by atoms with Gasteiger partial charge in [0.25, 0.3) is 0 Å².